The Kier molecular flexibility index (Phi) is 9.56. The molecule has 0 aromatic heterocycles. The number of hydrogen-bond donors (Lipinski definition) is 0. The van der Waals surface area contributed by atoms with E-state index in [1.165, 1.54) is 27.8 Å². The third kappa shape index (κ3) is 6.94. The van der Waals surface area contributed by atoms with Crippen molar-refractivity contribution in [2.75, 3.05) is 33.0 Å². The van der Waals surface area contributed by atoms with Crippen LogP contribution in [0.15, 0.2) is 60.7 Å². The molecular weight excluding hydrogens is 500 g/mol. The molecule has 5 heteroatoms. The first-order valence-corrected chi connectivity index (χ1v) is 14.9. The van der Waals surface area contributed by atoms with Crippen LogP contribution in [0.1, 0.15) is 79.4 Å². The molecule has 0 N–H and O–H groups in total. The van der Waals surface area contributed by atoms with Crippen LogP contribution in [0.3, 0.4) is 0 Å². The first-order valence-electron chi connectivity index (χ1n) is 14.9. The predicted molar refractivity (Wildman–Crippen MR) is 158 cm³/mol. The molecule has 3 aromatic rings. The van der Waals surface area contributed by atoms with Gasteiger partial charge in [0.2, 0.25) is 0 Å². The minimum Gasteiger partial charge on any atom is -0.494 e. The number of carbonyl (C=O) groups excluding carboxylic acids is 1. The van der Waals surface area contributed by atoms with Gasteiger partial charge in [0.05, 0.1) is 32.0 Å². The molecule has 40 heavy (non-hydrogen) atoms. The molecule has 0 amide bonds. The van der Waals surface area contributed by atoms with Crippen molar-refractivity contribution >= 4 is 5.97 Å². The molecule has 0 atom stereocenters. The summed E-state index contributed by atoms with van der Waals surface area (Å²) in [5, 5.41) is 0. The van der Waals surface area contributed by atoms with Crippen LogP contribution in [0.5, 0.6) is 11.5 Å². The fourth-order valence-corrected chi connectivity index (χ4v) is 5.52. The lowest BCUT2D eigenvalue weighted by molar-refractivity contribution is -0.150. The van der Waals surface area contributed by atoms with Crippen LogP contribution >= 0.6 is 0 Å². The number of unbranched alkanes of at least 4 members (excludes halogenated alkanes) is 3. The number of rotatable bonds is 15. The summed E-state index contributed by atoms with van der Waals surface area (Å²) >= 11 is 0. The van der Waals surface area contributed by atoms with Crippen molar-refractivity contribution in [3.63, 3.8) is 0 Å². The highest BCUT2D eigenvalue weighted by molar-refractivity contribution is 5.91. The maximum Gasteiger partial charge on any atom is 0.343 e. The Hall–Kier alpha value is -3.15. The second kappa shape index (κ2) is 13.5. The molecule has 2 aliphatic rings. The lowest BCUT2D eigenvalue weighted by Crippen LogP contribution is -2.45. The Morgan fingerprint density at radius 3 is 2.23 bits per heavy atom. The Labute approximate surface area is 238 Å². The molecule has 1 aliphatic heterocycles. The Bertz CT molecular complexity index is 1270. The third-order valence-electron chi connectivity index (χ3n) is 8.18. The summed E-state index contributed by atoms with van der Waals surface area (Å²) in [4.78, 5) is 12.8. The van der Waals surface area contributed by atoms with Gasteiger partial charge < -0.3 is 18.9 Å². The van der Waals surface area contributed by atoms with Gasteiger partial charge in [0.25, 0.3) is 0 Å². The Morgan fingerprint density at radius 2 is 1.52 bits per heavy atom. The van der Waals surface area contributed by atoms with Crippen molar-refractivity contribution in [1.82, 2.24) is 0 Å². The third-order valence-corrected chi connectivity index (χ3v) is 8.18. The van der Waals surface area contributed by atoms with E-state index >= 15 is 0 Å². The quantitative estimate of drug-likeness (QED) is 0.0871. The summed E-state index contributed by atoms with van der Waals surface area (Å²) < 4.78 is 22.8. The number of benzene rings is 3. The van der Waals surface area contributed by atoms with Crippen LogP contribution in [0.2, 0.25) is 0 Å². The zero-order valence-corrected chi connectivity index (χ0v) is 24.0. The fraction of sp³-hybridized carbons (Fsp3) is 0.457. The Balaban J connectivity index is 1.01. The lowest BCUT2D eigenvalue weighted by atomic mass is 9.84. The molecule has 1 heterocycles. The summed E-state index contributed by atoms with van der Waals surface area (Å²) in [6, 6.07) is 19.9. The van der Waals surface area contributed by atoms with Gasteiger partial charge in [0.1, 0.15) is 11.5 Å². The van der Waals surface area contributed by atoms with E-state index in [2.05, 4.69) is 38.1 Å². The molecule has 212 valence electrons. The summed E-state index contributed by atoms with van der Waals surface area (Å²) in [6.45, 7) is 8.40. The van der Waals surface area contributed by atoms with Crippen molar-refractivity contribution in [1.29, 1.82) is 0 Å². The van der Waals surface area contributed by atoms with Gasteiger partial charge in [-0.25, -0.2) is 4.79 Å². The summed E-state index contributed by atoms with van der Waals surface area (Å²) in [6.07, 6.45) is 8.57. The molecule has 1 aliphatic carbocycles. The summed E-state index contributed by atoms with van der Waals surface area (Å²) in [5.74, 6) is 0.993. The number of ether oxygens (including phenoxy) is 4. The topological polar surface area (TPSA) is 54.0 Å². The highest BCUT2D eigenvalue weighted by Crippen LogP contribution is 2.39. The molecular formula is C35H42O5. The van der Waals surface area contributed by atoms with Gasteiger partial charge >= 0.3 is 5.97 Å². The van der Waals surface area contributed by atoms with Crippen LogP contribution < -0.4 is 9.47 Å². The van der Waals surface area contributed by atoms with E-state index in [0.717, 1.165) is 83.5 Å². The molecule has 5 rings (SSSR count). The average Bonchev–Trinajstić information content (AvgIpc) is 3.30. The standard InChI is InChI=1S/C35H42O5/c1-3-9-26-10-16-32-28(20-26)21-29-22-31(15-17-33(29)32)40-34(36)27-11-13-30(14-12-27)39-19-8-6-5-7-18-37-23-35(4-2)24-38-25-35/h10-17,20,22H,3-9,18-19,21,23-25H2,1-2H3. The molecule has 0 unspecified atom stereocenters. The van der Waals surface area contributed by atoms with E-state index in [4.69, 9.17) is 18.9 Å². The first kappa shape index (κ1) is 28.4. The largest absolute Gasteiger partial charge is 0.494 e. The normalized spacial score (nSPS) is 14.8. The van der Waals surface area contributed by atoms with Gasteiger partial charge in [-0.1, -0.05) is 51.0 Å². The fourth-order valence-electron chi connectivity index (χ4n) is 5.52. The number of aryl methyl sites for hydroxylation is 1. The molecule has 0 radical (unpaired) electrons. The van der Waals surface area contributed by atoms with Gasteiger partial charge in [0.15, 0.2) is 0 Å². The van der Waals surface area contributed by atoms with Crippen LogP contribution in [0.25, 0.3) is 11.1 Å². The zero-order chi connectivity index (χ0) is 27.8. The molecule has 0 saturated carbocycles. The highest BCUT2D eigenvalue weighted by Gasteiger charge is 2.36. The summed E-state index contributed by atoms with van der Waals surface area (Å²) in [5.41, 5.74) is 7.25. The SMILES string of the molecule is CCCc1ccc2c(c1)Cc1cc(OC(=O)c3ccc(OCCCCCCOCC4(CC)COC4)cc3)ccc1-2. The number of hydrogen-bond acceptors (Lipinski definition) is 5. The Morgan fingerprint density at radius 1 is 0.825 bits per heavy atom. The van der Waals surface area contributed by atoms with Gasteiger partial charge in [0, 0.05) is 12.0 Å². The van der Waals surface area contributed by atoms with Gasteiger partial charge in [-0.05, 0) is 103 Å². The maximum atomic E-state index is 12.8. The minimum absolute atomic E-state index is 0.271. The van der Waals surface area contributed by atoms with Crippen molar-refractivity contribution in [2.45, 2.75) is 65.2 Å². The monoisotopic (exact) mass is 542 g/mol. The van der Waals surface area contributed by atoms with E-state index in [9.17, 15) is 4.79 Å². The van der Waals surface area contributed by atoms with Crippen LogP contribution in [-0.4, -0.2) is 39.0 Å². The molecule has 0 spiro atoms. The van der Waals surface area contributed by atoms with Gasteiger partial charge in [-0.3, -0.25) is 0 Å². The summed E-state index contributed by atoms with van der Waals surface area (Å²) in [7, 11) is 0. The van der Waals surface area contributed by atoms with Crippen LogP contribution in [0, 0.1) is 5.41 Å². The average molecular weight is 543 g/mol. The maximum absolute atomic E-state index is 12.8. The molecule has 0 bridgehead atoms. The van der Waals surface area contributed by atoms with E-state index < -0.39 is 0 Å². The molecule has 1 saturated heterocycles. The van der Waals surface area contributed by atoms with E-state index in [-0.39, 0.29) is 11.4 Å². The van der Waals surface area contributed by atoms with Gasteiger partial charge in [-0.2, -0.15) is 0 Å². The molecule has 3 aromatic carbocycles. The molecule has 5 nitrogen and oxygen atoms in total. The van der Waals surface area contributed by atoms with E-state index in [1.54, 1.807) is 12.1 Å². The van der Waals surface area contributed by atoms with Crippen molar-refractivity contribution < 1.29 is 23.7 Å². The number of fused-ring (bicyclic) bond motifs is 3. The second-order valence-electron chi connectivity index (χ2n) is 11.3. The second-order valence-corrected chi connectivity index (χ2v) is 11.3. The number of esters is 1. The van der Waals surface area contributed by atoms with E-state index in [1.807, 2.05) is 24.3 Å². The van der Waals surface area contributed by atoms with Crippen LogP contribution in [0.4, 0.5) is 0 Å². The predicted octanol–water partition coefficient (Wildman–Crippen LogP) is 7.81. The van der Waals surface area contributed by atoms with E-state index in [0.29, 0.717) is 17.9 Å². The molecule has 1 fully saturated rings. The lowest BCUT2D eigenvalue weighted by Gasteiger charge is -2.40. The minimum atomic E-state index is -0.357. The smallest absolute Gasteiger partial charge is 0.343 e. The van der Waals surface area contributed by atoms with Gasteiger partial charge in [-0.15, -0.1) is 0 Å². The van der Waals surface area contributed by atoms with Crippen molar-refractivity contribution in [3.8, 4) is 22.6 Å². The van der Waals surface area contributed by atoms with Crippen molar-refractivity contribution in [2.24, 2.45) is 5.41 Å². The van der Waals surface area contributed by atoms with Crippen LogP contribution in [-0.2, 0) is 22.3 Å². The highest BCUT2D eigenvalue weighted by atomic mass is 16.5. The number of carbonyl (C=O) groups is 1. The zero-order valence-electron chi connectivity index (χ0n) is 24.0. The first-order chi connectivity index (χ1) is 19.6. The van der Waals surface area contributed by atoms with Crippen molar-refractivity contribution in [3.05, 3.63) is 82.9 Å².